The number of hydrogen-bond donors (Lipinski definition) is 1. The van der Waals surface area contributed by atoms with Crippen molar-refractivity contribution in [1.82, 2.24) is 9.97 Å². The normalized spacial score (nSPS) is 19.6. The Morgan fingerprint density at radius 2 is 1.38 bits per heavy atom. The summed E-state index contributed by atoms with van der Waals surface area (Å²) in [6.07, 6.45) is 4.65. The largest absolute Gasteiger partial charge is 0.383 e. The summed E-state index contributed by atoms with van der Waals surface area (Å²) in [6.45, 7) is 0. The first-order valence-corrected chi connectivity index (χ1v) is 12.0. The molecule has 10 heteroatoms. The smallest absolute Gasteiger partial charge is 0.310 e. The highest BCUT2D eigenvalue weighted by Gasteiger charge is 2.65. The van der Waals surface area contributed by atoms with Crippen LogP contribution in [0, 0.1) is 0 Å². The van der Waals surface area contributed by atoms with Crippen LogP contribution < -0.4 is 5.73 Å². The van der Waals surface area contributed by atoms with Crippen LogP contribution in [0.25, 0.3) is 11.1 Å². The molecule has 34 heavy (non-hydrogen) atoms. The van der Waals surface area contributed by atoms with E-state index in [4.69, 9.17) is 10.7 Å². The standard InChI is InChI=1S/C24H17F5N4S/c25-34(26,27,28,29)20-10-8-18(9-11-20)24(22-7-2-1-6-21(22)23(30)33-24)19-5-3-4-16(12-19)17-13-31-15-32-14-17/h1-15H,(H2,30,33). The van der Waals surface area contributed by atoms with E-state index in [1.807, 2.05) is 12.1 Å². The summed E-state index contributed by atoms with van der Waals surface area (Å²) in [5.41, 5.74) is 8.48. The lowest BCUT2D eigenvalue weighted by Gasteiger charge is -2.40. The van der Waals surface area contributed by atoms with Crippen molar-refractivity contribution < 1.29 is 19.4 Å². The summed E-state index contributed by atoms with van der Waals surface area (Å²) in [5, 5.41) is 0. The number of fused-ring (bicyclic) bond motifs is 1. The molecule has 0 aliphatic carbocycles. The zero-order valence-electron chi connectivity index (χ0n) is 17.4. The number of nitrogens with zero attached hydrogens (tertiary/aromatic N) is 3. The Bertz CT molecular complexity index is 1440. The van der Waals surface area contributed by atoms with E-state index in [1.165, 1.54) is 6.33 Å². The first-order valence-electron chi connectivity index (χ1n) is 10.0. The molecule has 0 amide bonds. The summed E-state index contributed by atoms with van der Waals surface area (Å²) < 4.78 is 66.8. The topological polar surface area (TPSA) is 64.2 Å². The molecule has 0 spiro atoms. The summed E-state index contributed by atoms with van der Waals surface area (Å²) in [4.78, 5) is 10.8. The highest BCUT2D eigenvalue weighted by atomic mass is 32.5. The Morgan fingerprint density at radius 1 is 0.706 bits per heavy atom. The van der Waals surface area contributed by atoms with E-state index < -0.39 is 20.7 Å². The van der Waals surface area contributed by atoms with Crippen molar-refractivity contribution in [2.45, 2.75) is 10.4 Å². The predicted molar refractivity (Wildman–Crippen MR) is 122 cm³/mol. The SMILES string of the molecule is NC1=NC(c2ccc(S(F)(F)(F)(F)F)cc2)(c2cccc(-c3cncnc3)c2)c2ccccc21. The Balaban J connectivity index is 1.76. The zero-order chi connectivity index (χ0) is 24.3. The van der Waals surface area contributed by atoms with Crippen LogP contribution in [0.1, 0.15) is 22.3 Å². The van der Waals surface area contributed by atoms with Crippen LogP contribution in [0.4, 0.5) is 19.4 Å². The molecule has 0 bridgehead atoms. The Labute approximate surface area is 191 Å². The van der Waals surface area contributed by atoms with Crippen molar-refractivity contribution in [2.24, 2.45) is 10.7 Å². The van der Waals surface area contributed by atoms with Gasteiger partial charge < -0.3 is 5.73 Å². The Morgan fingerprint density at radius 3 is 2.06 bits per heavy atom. The van der Waals surface area contributed by atoms with E-state index in [9.17, 15) is 19.4 Å². The van der Waals surface area contributed by atoms with E-state index in [1.54, 1.807) is 48.8 Å². The van der Waals surface area contributed by atoms with Crippen LogP contribution in [0.5, 0.6) is 0 Å². The van der Waals surface area contributed by atoms with Crippen LogP contribution in [-0.4, -0.2) is 15.8 Å². The first-order chi connectivity index (χ1) is 15.9. The third-order valence-electron chi connectivity index (χ3n) is 5.77. The van der Waals surface area contributed by atoms with Crippen LogP contribution in [0.2, 0.25) is 0 Å². The van der Waals surface area contributed by atoms with Gasteiger partial charge in [-0.2, -0.15) is 0 Å². The highest BCUT2D eigenvalue weighted by molar-refractivity contribution is 8.45. The number of nitrogens with two attached hydrogens (primary N) is 1. The van der Waals surface area contributed by atoms with E-state index in [0.717, 1.165) is 23.3 Å². The van der Waals surface area contributed by atoms with Crippen LogP contribution in [0.3, 0.4) is 0 Å². The van der Waals surface area contributed by atoms with Crippen LogP contribution >= 0.6 is 10.2 Å². The number of aromatic nitrogens is 2. The molecule has 0 saturated carbocycles. The number of hydrogen-bond acceptors (Lipinski definition) is 4. The van der Waals surface area contributed by atoms with Gasteiger partial charge in [0.1, 0.15) is 22.6 Å². The fourth-order valence-electron chi connectivity index (χ4n) is 4.26. The molecule has 0 saturated heterocycles. The van der Waals surface area contributed by atoms with Crippen LogP contribution in [0.15, 0.2) is 101 Å². The summed E-state index contributed by atoms with van der Waals surface area (Å²) in [6, 6.07) is 17.1. The fourth-order valence-corrected chi connectivity index (χ4v) is 4.91. The third kappa shape index (κ3) is 3.60. The molecule has 0 radical (unpaired) electrons. The molecule has 1 aromatic heterocycles. The van der Waals surface area contributed by atoms with Gasteiger partial charge in [-0.1, -0.05) is 74.0 Å². The fraction of sp³-hybridized carbons (Fsp3) is 0.0417. The van der Waals surface area contributed by atoms with Gasteiger partial charge in [0.05, 0.1) is 0 Å². The molecular weight excluding hydrogens is 471 g/mol. The number of amidine groups is 1. The summed E-state index contributed by atoms with van der Waals surface area (Å²) >= 11 is 0. The number of rotatable bonds is 4. The maximum atomic E-state index is 13.4. The number of aliphatic imine (C=N–C) groups is 1. The van der Waals surface area contributed by atoms with Crippen molar-refractivity contribution in [2.75, 3.05) is 0 Å². The van der Waals surface area contributed by atoms with Crippen molar-refractivity contribution in [3.63, 3.8) is 0 Å². The number of benzene rings is 3. The molecule has 5 rings (SSSR count). The van der Waals surface area contributed by atoms with Gasteiger partial charge in [0, 0.05) is 23.5 Å². The lowest BCUT2D eigenvalue weighted by atomic mass is 9.77. The lowest BCUT2D eigenvalue weighted by Crippen LogP contribution is -2.25. The highest BCUT2D eigenvalue weighted by Crippen LogP contribution is 3.02. The van der Waals surface area contributed by atoms with E-state index in [0.29, 0.717) is 28.8 Å². The molecular formula is C24H17F5N4S. The quantitative estimate of drug-likeness (QED) is 0.321. The summed E-state index contributed by atoms with van der Waals surface area (Å²) in [5.74, 6) is 0.195. The summed E-state index contributed by atoms with van der Waals surface area (Å²) in [7, 11) is -9.83. The van der Waals surface area contributed by atoms with Gasteiger partial charge in [-0.3, -0.25) is 0 Å². The lowest BCUT2D eigenvalue weighted by molar-refractivity contribution is 0.364. The molecule has 3 aromatic carbocycles. The van der Waals surface area contributed by atoms with Gasteiger partial charge in [-0.05, 0) is 40.5 Å². The van der Waals surface area contributed by atoms with E-state index >= 15 is 0 Å². The van der Waals surface area contributed by atoms with Gasteiger partial charge >= 0.3 is 10.2 Å². The van der Waals surface area contributed by atoms with Crippen LogP contribution in [-0.2, 0) is 5.54 Å². The molecule has 174 valence electrons. The first kappa shape index (κ1) is 22.0. The second-order valence-corrected chi connectivity index (χ2v) is 10.4. The molecule has 4 aromatic rings. The van der Waals surface area contributed by atoms with Gasteiger partial charge in [0.15, 0.2) is 0 Å². The molecule has 2 heterocycles. The minimum absolute atomic E-state index is 0.195. The second-order valence-electron chi connectivity index (χ2n) is 7.95. The van der Waals surface area contributed by atoms with Gasteiger partial charge in [0.2, 0.25) is 0 Å². The van der Waals surface area contributed by atoms with Crippen molar-refractivity contribution >= 4 is 16.1 Å². The predicted octanol–water partition coefficient (Wildman–Crippen LogP) is 6.81. The minimum Gasteiger partial charge on any atom is -0.383 e. The molecule has 1 unspecified atom stereocenters. The van der Waals surface area contributed by atoms with Crippen molar-refractivity contribution in [3.05, 3.63) is 114 Å². The third-order valence-corrected chi connectivity index (χ3v) is 6.94. The van der Waals surface area contributed by atoms with E-state index in [-0.39, 0.29) is 11.4 Å². The average molecular weight is 488 g/mol. The maximum Gasteiger partial charge on any atom is 0.310 e. The van der Waals surface area contributed by atoms with Crippen molar-refractivity contribution in [1.29, 1.82) is 0 Å². The molecule has 1 atom stereocenters. The van der Waals surface area contributed by atoms with Crippen molar-refractivity contribution in [3.8, 4) is 11.1 Å². The Kier molecular flexibility index (Phi) is 4.30. The molecule has 1 aliphatic heterocycles. The number of halogens is 5. The monoisotopic (exact) mass is 488 g/mol. The molecule has 4 nitrogen and oxygen atoms in total. The minimum atomic E-state index is -9.83. The second kappa shape index (κ2) is 6.63. The average Bonchev–Trinajstić information content (AvgIpc) is 3.12. The van der Waals surface area contributed by atoms with Gasteiger partial charge in [-0.15, -0.1) is 0 Å². The van der Waals surface area contributed by atoms with Gasteiger partial charge in [0.25, 0.3) is 0 Å². The zero-order valence-corrected chi connectivity index (χ0v) is 18.2. The molecule has 0 fully saturated rings. The maximum absolute atomic E-state index is 13.4. The molecule has 1 aliphatic rings. The van der Waals surface area contributed by atoms with Gasteiger partial charge in [-0.25, -0.2) is 15.0 Å². The Hall–Kier alpha value is -3.79. The van der Waals surface area contributed by atoms with E-state index in [2.05, 4.69) is 9.97 Å². The molecule has 2 N–H and O–H groups in total.